The van der Waals surface area contributed by atoms with E-state index in [1.165, 1.54) is 19.3 Å². The zero-order valence-electron chi connectivity index (χ0n) is 12.2. The van der Waals surface area contributed by atoms with E-state index in [9.17, 15) is 9.90 Å². The minimum absolute atomic E-state index is 0.0226. The molecule has 0 heterocycles. The second-order valence-electron chi connectivity index (χ2n) is 5.75. The Labute approximate surface area is 116 Å². The van der Waals surface area contributed by atoms with Crippen molar-refractivity contribution in [3.8, 4) is 0 Å². The number of hydrogen-bond acceptors (Lipinski definition) is 4. The summed E-state index contributed by atoms with van der Waals surface area (Å²) in [5.41, 5.74) is -0.832. The van der Waals surface area contributed by atoms with Crippen LogP contribution < -0.4 is 10.6 Å². The Morgan fingerprint density at radius 1 is 1.37 bits per heavy atom. The lowest BCUT2D eigenvalue weighted by Crippen LogP contribution is -2.45. The van der Waals surface area contributed by atoms with Gasteiger partial charge in [-0.3, -0.25) is 4.79 Å². The van der Waals surface area contributed by atoms with Crippen LogP contribution in [0.1, 0.15) is 45.4 Å². The van der Waals surface area contributed by atoms with Crippen molar-refractivity contribution in [3.63, 3.8) is 0 Å². The lowest BCUT2D eigenvalue weighted by Gasteiger charge is -2.25. The average Bonchev–Trinajstić information content (AvgIpc) is 2.37. The number of ether oxygens (including phenoxy) is 1. The molecule has 112 valence electrons. The molecule has 0 bridgehead atoms. The van der Waals surface area contributed by atoms with Gasteiger partial charge in [0.2, 0.25) is 5.91 Å². The van der Waals surface area contributed by atoms with E-state index in [-0.39, 0.29) is 12.5 Å². The molecule has 1 atom stereocenters. The van der Waals surface area contributed by atoms with Crippen molar-refractivity contribution in [2.75, 3.05) is 26.8 Å². The molecule has 3 N–H and O–H groups in total. The highest BCUT2D eigenvalue weighted by Crippen LogP contribution is 2.17. The summed E-state index contributed by atoms with van der Waals surface area (Å²) in [6.45, 7) is 2.93. The van der Waals surface area contributed by atoms with Crippen LogP contribution >= 0.6 is 0 Å². The summed E-state index contributed by atoms with van der Waals surface area (Å²) < 4.78 is 4.94. The number of carbonyl (C=O) groups is 1. The van der Waals surface area contributed by atoms with Gasteiger partial charge in [-0.2, -0.15) is 0 Å². The summed E-state index contributed by atoms with van der Waals surface area (Å²) in [6, 6.07) is 0.344. The molecule has 1 amide bonds. The van der Waals surface area contributed by atoms with Crippen LogP contribution in [-0.2, 0) is 9.53 Å². The molecule has 0 spiro atoms. The van der Waals surface area contributed by atoms with Crippen molar-refractivity contribution < 1.29 is 14.6 Å². The highest BCUT2D eigenvalue weighted by molar-refractivity contribution is 5.78. The van der Waals surface area contributed by atoms with Crippen LogP contribution in [0.3, 0.4) is 0 Å². The molecular weight excluding hydrogens is 244 g/mol. The van der Waals surface area contributed by atoms with Gasteiger partial charge < -0.3 is 20.5 Å². The number of rotatable bonds is 8. The van der Waals surface area contributed by atoms with E-state index < -0.39 is 5.60 Å². The maximum atomic E-state index is 11.7. The molecule has 0 aromatic rings. The Morgan fingerprint density at radius 3 is 2.68 bits per heavy atom. The van der Waals surface area contributed by atoms with Crippen LogP contribution in [0.4, 0.5) is 0 Å². The van der Waals surface area contributed by atoms with Gasteiger partial charge in [0.15, 0.2) is 0 Å². The van der Waals surface area contributed by atoms with Crippen molar-refractivity contribution >= 4 is 5.91 Å². The fourth-order valence-corrected chi connectivity index (χ4v) is 2.38. The maximum absolute atomic E-state index is 11.7. The van der Waals surface area contributed by atoms with Gasteiger partial charge in [-0.1, -0.05) is 19.3 Å². The summed E-state index contributed by atoms with van der Waals surface area (Å²) in [6.07, 6.45) is 6.45. The minimum Gasteiger partial charge on any atom is -0.389 e. The molecule has 19 heavy (non-hydrogen) atoms. The number of aliphatic hydroxyl groups is 1. The van der Waals surface area contributed by atoms with E-state index in [1.54, 1.807) is 14.0 Å². The van der Waals surface area contributed by atoms with Gasteiger partial charge in [0, 0.05) is 32.7 Å². The molecule has 0 radical (unpaired) electrons. The van der Waals surface area contributed by atoms with Crippen molar-refractivity contribution in [2.45, 2.75) is 57.1 Å². The zero-order valence-corrected chi connectivity index (χ0v) is 12.2. The first-order valence-corrected chi connectivity index (χ1v) is 7.25. The standard InChI is InChI=1S/C14H28N2O3/c1-14(18,8-9-19-2)11-15-10-13(17)16-12-6-4-3-5-7-12/h12,15,18H,3-11H2,1-2H3,(H,16,17). The van der Waals surface area contributed by atoms with Crippen LogP contribution in [0.5, 0.6) is 0 Å². The number of hydrogen-bond donors (Lipinski definition) is 3. The van der Waals surface area contributed by atoms with Gasteiger partial charge in [0.25, 0.3) is 0 Å². The molecule has 1 rings (SSSR count). The quantitative estimate of drug-likeness (QED) is 0.611. The third-order valence-electron chi connectivity index (χ3n) is 3.61. The van der Waals surface area contributed by atoms with Crippen LogP contribution in [0.15, 0.2) is 0 Å². The predicted octanol–water partition coefficient (Wildman–Crippen LogP) is 0.812. The highest BCUT2D eigenvalue weighted by atomic mass is 16.5. The summed E-state index contributed by atoms with van der Waals surface area (Å²) in [5, 5.41) is 16.1. The van der Waals surface area contributed by atoms with Gasteiger partial charge in [0.05, 0.1) is 12.1 Å². The normalized spacial score (nSPS) is 19.9. The van der Waals surface area contributed by atoms with Gasteiger partial charge in [-0.15, -0.1) is 0 Å². The molecule has 0 aromatic carbocycles. The second-order valence-corrected chi connectivity index (χ2v) is 5.75. The van der Waals surface area contributed by atoms with E-state index in [0.29, 0.717) is 25.6 Å². The fraction of sp³-hybridized carbons (Fsp3) is 0.929. The van der Waals surface area contributed by atoms with Gasteiger partial charge in [-0.25, -0.2) is 0 Å². The molecule has 1 aliphatic carbocycles. The van der Waals surface area contributed by atoms with Crippen LogP contribution in [0.2, 0.25) is 0 Å². The summed E-state index contributed by atoms with van der Waals surface area (Å²) in [4.78, 5) is 11.7. The highest BCUT2D eigenvalue weighted by Gasteiger charge is 2.20. The fourth-order valence-electron chi connectivity index (χ4n) is 2.38. The SMILES string of the molecule is COCCC(C)(O)CNCC(=O)NC1CCCCC1. The molecule has 0 saturated heterocycles. The Balaban J connectivity index is 2.12. The van der Waals surface area contributed by atoms with Crippen molar-refractivity contribution in [1.29, 1.82) is 0 Å². The van der Waals surface area contributed by atoms with E-state index >= 15 is 0 Å². The van der Waals surface area contributed by atoms with Gasteiger partial charge in [0.1, 0.15) is 0 Å². The Bertz CT molecular complexity index is 263. The minimum atomic E-state index is -0.832. The third-order valence-corrected chi connectivity index (χ3v) is 3.61. The van der Waals surface area contributed by atoms with Gasteiger partial charge in [-0.05, 0) is 19.8 Å². The molecule has 1 fully saturated rings. The van der Waals surface area contributed by atoms with E-state index in [4.69, 9.17) is 4.74 Å². The Morgan fingerprint density at radius 2 is 2.05 bits per heavy atom. The summed E-state index contributed by atoms with van der Waals surface area (Å²) in [5.74, 6) is 0.0226. The van der Waals surface area contributed by atoms with Gasteiger partial charge >= 0.3 is 0 Å². The smallest absolute Gasteiger partial charge is 0.234 e. The number of carbonyl (C=O) groups excluding carboxylic acids is 1. The molecule has 1 aliphatic rings. The van der Waals surface area contributed by atoms with Crippen molar-refractivity contribution in [1.82, 2.24) is 10.6 Å². The van der Waals surface area contributed by atoms with Crippen molar-refractivity contribution in [2.24, 2.45) is 0 Å². The second kappa shape index (κ2) is 8.51. The number of methoxy groups -OCH3 is 1. The monoisotopic (exact) mass is 272 g/mol. The molecule has 0 aliphatic heterocycles. The van der Waals surface area contributed by atoms with Crippen LogP contribution in [0, 0.1) is 0 Å². The van der Waals surface area contributed by atoms with E-state index in [2.05, 4.69) is 10.6 Å². The first kappa shape index (κ1) is 16.4. The van der Waals surface area contributed by atoms with Crippen LogP contribution in [0.25, 0.3) is 0 Å². The Hall–Kier alpha value is -0.650. The molecule has 5 nitrogen and oxygen atoms in total. The Kier molecular flexibility index (Phi) is 7.34. The summed E-state index contributed by atoms with van der Waals surface area (Å²) in [7, 11) is 1.61. The maximum Gasteiger partial charge on any atom is 0.234 e. The molecule has 1 saturated carbocycles. The molecule has 1 unspecified atom stereocenters. The van der Waals surface area contributed by atoms with E-state index in [0.717, 1.165) is 12.8 Å². The molecule has 5 heteroatoms. The van der Waals surface area contributed by atoms with E-state index in [1.807, 2.05) is 0 Å². The first-order valence-electron chi connectivity index (χ1n) is 7.25. The first-order chi connectivity index (χ1) is 9.03. The number of amides is 1. The average molecular weight is 272 g/mol. The third kappa shape index (κ3) is 7.50. The molecule has 0 aromatic heterocycles. The molecular formula is C14H28N2O3. The lowest BCUT2D eigenvalue weighted by molar-refractivity contribution is -0.121. The van der Waals surface area contributed by atoms with Crippen molar-refractivity contribution in [3.05, 3.63) is 0 Å². The topological polar surface area (TPSA) is 70.6 Å². The lowest BCUT2D eigenvalue weighted by atomic mass is 9.95. The zero-order chi connectivity index (χ0) is 14.1. The number of nitrogens with one attached hydrogen (secondary N) is 2. The largest absolute Gasteiger partial charge is 0.389 e. The summed E-state index contributed by atoms with van der Waals surface area (Å²) >= 11 is 0. The predicted molar refractivity (Wildman–Crippen MR) is 75.0 cm³/mol. The van der Waals surface area contributed by atoms with Crippen LogP contribution in [-0.4, -0.2) is 49.5 Å².